The van der Waals surface area contributed by atoms with Crippen LogP contribution in [0.5, 0.6) is 0 Å². The summed E-state index contributed by atoms with van der Waals surface area (Å²) in [6.45, 7) is -0.570. The molecule has 2 aromatic rings. The van der Waals surface area contributed by atoms with Gasteiger partial charge in [-0.2, -0.15) is 0 Å². The van der Waals surface area contributed by atoms with E-state index >= 15 is 0 Å². The van der Waals surface area contributed by atoms with Crippen molar-refractivity contribution in [1.82, 2.24) is 4.90 Å². The van der Waals surface area contributed by atoms with E-state index in [0.29, 0.717) is 12.1 Å². The number of carbonyl (C=O) groups excluding carboxylic acids is 3. The van der Waals surface area contributed by atoms with Crippen LogP contribution in [0.25, 0.3) is 0 Å². The molecule has 2 heterocycles. The van der Waals surface area contributed by atoms with E-state index in [0.717, 1.165) is 4.90 Å². The van der Waals surface area contributed by atoms with Gasteiger partial charge in [0.25, 0.3) is 5.91 Å². The van der Waals surface area contributed by atoms with Crippen LogP contribution in [-0.4, -0.2) is 41.2 Å². The number of thioether (sulfide) groups is 1. The normalized spacial score (nSPS) is 19.4. The Morgan fingerprint density at radius 1 is 1.27 bits per heavy atom. The summed E-state index contributed by atoms with van der Waals surface area (Å²) in [5.74, 6) is -1.81. The molecule has 156 valence electrons. The molecule has 2 aliphatic heterocycles. The topological polar surface area (TPSA) is 66.9 Å². The molecular weight excluding hydrogens is 431 g/mol. The standard InChI is InChI=1S/C21H18ClFN2O4S/c1-24(11-13-14(22)5-4-6-15(13)23)19(27)12-29-20(28)21-10-9-18(26)25(21)16-7-2-3-8-17(16)30-21/h2-8H,9-12H2,1H3. The number of ether oxygens (including phenoxy) is 1. The molecule has 2 aliphatic rings. The molecule has 1 atom stereocenters. The molecule has 0 N–H and O–H groups in total. The maximum Gasteiger partial charge on any atom is 0.344 e. The van der Waals surface area contributed by atoms with Gasteiger partial charge in [0.1, 0.15) is 5.82 Å². The first-order valence-electron chi connectivity index (χ1n) is 9.28. The molecule has 9 heteroatoms. The lowest BCUT2D eigenvalue weighted by atomic mass is 10.2. The van der Waals surface area contributed by atoms with Crippen LogP contribution in [0.4, 0.5) is 10.1 Å². The summed E-state index contributed by atoms with van der Waals surface area (Å²) in [7, 11) is 1.47. The van der Waals surface area contributed by atoms with E-state index in [1.165, 1.54) is 46.8 Å². The first kappa shape index (κ1) is 20.7. The van der Waals surface area contributed by atoms with Crippen molar-refractivity contribution in [3.05, 3.63) is 58.9 Å². The molecule has 0 radical (unpaired) electrons. The SMILES string of the molecule is CN(Cc1c(F)cccc1Cl)C(=O)COC(=O)C12CCC(=O)N1c1ccccc1S2. The second-order valence-electron chi connectivity index (χ2n) is 7.11. The van der Waals surface area contributed by atoms with Crippen LogP contribution in [-0.2, 0) is 25.7 Å². The Balaban J connectivity index is 1.43. The number of hydrogen-bond acceptors (Lipinski definition) is 5. The van der Waals surface area contributed by atoms with Crippen LogP contribution in [0.3, 0.4) is 0 Å². The van der Waals surface area contributed by atoms with Gasteiger partial charge in [0.15, 0.2) is 11.5 Å². The van der Waals surface area contributed by atoms with Crippen molar-refractivity contribution in [3.63, 3.8) is 0 Å². The lowest BCUT2D eigenvalue weighted by molar-refractivity contribution is -0.153. The fourth-order valence-electron chi connectivity index (χ4n) is 3.63. The highest BCUT2D eigenvalue weighted by Crippen LogP contribution is 2.56. The Morgan fingerprint density at radius 3 is 2.80 bits per heavy atom. The highest BCUT2D eigenvalue weighted by molar-refractivity contribution is 8.02. The van der Waals surface area contributed by atoms with Crippen molar-refractivity contribution in [2.45, 2.75) is 29.2 Å². The summed E-state index contributed by atoms with van der Waals surface area (Å²) >= 11 is 7.28. The summed E-state index contributed by atoms with van der Waals surface area (Å²) < 4.78 is 19.3. The Hall–Kier alpha value is -2.58. The number of rotatable bonds is 5. The number of para-hydroxylation sites is 1. The molecule has 2 amide bonds. The van der Waals surface area contributed by atoms with E-state index in [-0.39, 0.29) is 29.5 Å². The fourth-order valence-corrected chi connectivity index (χ4v) is 5.27. The minimum Gasteiger partial charge on any atom is -0.453 e. The van der Waals surface area contributed by atoms with Gasteiger partial charge in [-0.15, -0.1) is 0 Å². The van der Waals surface area contributed by atoms with Crippen LogP contribution < -0.4 is 4.90 Å². The number of nitrogens with zero attached hydrogens (tertiary/aromatic N) is 2. The zero-order valence-electron chi connectivity index (χ0n) is 16.1. The number of amides is 2. The first-order chi connectivity index (χ1) is 14.3. The smallest absolute Gasteiger partial charge is 0.344 e. The van der Waals surface area contributed by atoms with Crippen molar-refractivity contribution in [2.24, 2.45) is 0 Å². The van der Waals surface area contributed by atoms with Gasteiger partial charge in [0, 0.05) is 41.9 Å². The second kappa shape index (κ2) is 7.92. The second-order valence-corrected chi connectivity index (χ2v) is 8.84. The van der Waals surface area contributed by atoms with Gasteiger partial charge in [0.2, 0.25) is 5.91 Å². The molecule has 1 fully saturated rings. The Kier molecular flexibility index (Phi) is 5.46. The number of benzene rings is 2. The molecule has 4 rings (SSSR count). The average Bonchev–Trinajstić information content (AvgIpc) is 3.24. The highest BCUT2D eigenvalue weighted by atomic mass is 35.5. The molecule has 2 aromatic carbocycles. The van der Waals surface area contributed by atoms with E-state index in [1.807, 2.05) is 12.1 Å². The minimum absolute atomic E-state index is 0.0577. The van der Waals surface area contributed by atoms with E-state index in [4.69, 9.17) is 16.3 Å². The maximum absolute atomic E-state index is 14.0. The van der Waals surface area contributed by atoms with Gasteiger partial charge < -0.3 is 9.64 Å². The number of fused-ring (bicyclic) bond motifs is 3. The fraction of sp³-hybridized carbons (Fsp3) is 0.286. The molecule has 0 aromatic heterocycles. The first-order valence-corrected chi connectivity index (χ1v) is 10.5. The largest absolute Gasteiger partial charge is 0.453 e. The van der Waals surface area contributed by atoms with Gasteiger partial charge in [-0.25, -0.2) is 9.18 Å². The molecule has 1 saturated heterocycles. The third-order valence-electron chi connectivity index (χ3n) is 5.20. The Morgan fingerprint density at radius 2 is 2.03 bits per heavy atom. The monoisotopic (exact) mass is 448 g/mol. The molecule has 1 unspecified atom stereocenters. The van der Waals surface area contributed by atoms with E-state index < -0.39 is 29.2 Å². The number of carbonyl (C=O) groups is 3. The third-order valence-corrected chi connectivity index (χ3v) is 7.01. The summed E-state index contributed by atoms with van der Waals surface area (Å²) in [4.78, 5) is 40.2. The molecule has 0 bridgehead atoms. The number of esters is 1. The Bertz CT molecular complexity index is 1030. The van der Waals surface area contributed by atoms with E-state index in [1.54, 1.807) is 12.1 Å². The summed E-state index contributed by atoms with van der Waals surface area (Å²) in [5.41, 5.74) is 0.869. The van der Waals surface area contributed by atoms with Crippen LogP contribution in [0, 0.1) is 5.82 Å². The van der Waals surface area contributed by atoms with Crippen LogP contribution >= 0.6 is 23.4 Å². The van der Waals surface area contributed by atoms with Gasteiger partial charge in [0.05, 0.1) is 5.69 Å². The number of halogens is 2. The number of likely N-dealkylation sites (N-methyl/N-ethyl adjacent to an activating group) is 1. The lowest BCUT2D eigenvalue weighted by Gasteiger charge is -2.28. The number of hydrogen-bond donors (Lipinski definition) is 0. The molecule has 0 spiro atoms. The molecule has 0 saturated carbocycles. The predicted molar refractivity (Wildman–Crippen MR) is 111 cm³/mol. The van der Waals surface area contributed by atoms with Crippen molar-refractivity contribution in [2.75, 3.05) is 18.6 Å². The summed E-state index contributed by atoms with van der Waals surface area (Å²) in [6, 6.07) is 11.6. The van der Waals surface area contributed by atoms with Crippen LogP contribution in [0.1, 0.15) is 18.4 Å². The highest BCUT2D eigenvalue weighted by Gasteiger charge is 2.58. The maximum atomic E-state index is 14.0. The number of anilines is 1. The predicted octanol–water partition coefficient (Wildman–Crippen LogP) is 3.61. The molecular formula is C21H18ClFN2O4S. The van der Waals surface area contributed by atoms with Crippen LogP contribution in [0.15, 0.2) is 47.4 Å². The molecule has 30 heavy (non-hydrogen) atoms. The van der Waals surface area contributed by atoms with Gasteiger partial charge in [-0.3, -0.25) is 14.5 Å². The van der Waals surface area contributed by atoms with E-state index in [2.05, 4.69) is 0 Å². The minimum atomic E-state index is -1.19. The average molecular weight is 449 g/mol. The third kappa shape index (κ3) is 3.44. The lowest BCUT2D eigenvalue weighted by Crippen LogP contribution is -2.48. The van der Waals surface area contributed by atoms with Gasteiger partial charge in [-0.1, -0.05) is 41.6 Å². The van der Waals surface area contributed by atoms with Crippen LogP contribution in [0.2, 0.25) is 5.02 Å². The Labute approximate surface area is 181 Å². The molecule has 0 aliphatic carbocycles. The van der Waals surface area contributed by atoms with Crippen molar-refractivity contribution in [1.29, 1.82) is 0 Å². The summed E-state index contributed by atoms with van der Waals surface area (Å²) in [5, 5.41) is 0.214. The van der Waals surface area contributed by atoms with Crippen molar-refractivity contribution >= 4 is 46.8 Å². The van der Waals surface area contributed by atoms with Gasteiger partial charge >= 0.3 is 5.97 Å². The quantitative estimate of drug-likeness (QED) is 0.654. The summed E-state index contributed by atoms with van der Waals surface area (Å²) in [6.07, 6.45) is 0.537. The zero-order valence-corrected chi connectivity index (χ0v) is 17.6. The zero-order chi connectivity index (χ0) is 21.5. The molecule has 6 nitrogen and oxygen atoms in total. The van der Waals surface area contributed by atoms with E-state index in [9.17, 15) is 18.8 Å². The van der Waals surface area contributed by atoms with Crippen molar-refractivity contribution in [3.8, 4) is 0 Å². The van der Waals surface area contributed by atoms with Gasteiger partial charge in [-0.05, 0) is 24.3 Å². The van der Waals surface area contributed by atoms with Crippen molar-refractivity contribution < 1.29 is 23.5 Å².